The number of hydrogen-bond donors (Lipinski definition) is 6. The van der Waals surface area contributed by atoms with E-state index in [1.807, 2.05) is 6.08 Å². The van der Waals surface area contributed by atoms with E-state index in [2.05, 4.69) is 99.0 Å². The van der Waals surface area contributed by atoms with Crippen molar-refractivity contribution in [3.8, 4) is 0 Å². The van der Waals surface area contributed by atoms with Crippen molar-refractivity contribution < 1.29 is 49.3 Å². The minimum atomic E-state index is -1.62. The molecular weight excluding hydrogens is 1160 g/mol. The molecular formula is C82H147NO10. The number of rotatable bonds is 68. The van der Waals surface area contributed by atoms with Gasteiger partial charge in [0.05, 0.1) is 25.4 Å². The van der Waals surface area contributed by atoms with E-state index in [0.717, 1.165) is 83.5 Å². The number of nitrogens with one attached hydrogen (secondary N) is 1. The molecule has 1 amide bonds. The summed E-state index contributed by atoms with van der Waals surface area (Å²) < 4.78 is 17.8. The number of esters is 1. The molecule has 1 aliphatic heterocycles. The van der Waals surface area contributed by atoms with Crippen LogP contribution in [0, 0.1) is 0 Å². The zero-order valence-electron chi connectivity index (χ0n) is 60.4. The number of aliphatic hydroxyl groups excluding tert-OH is 5. The number of carbonyl (C=O) groups excluding carboxylic acids is 2. The van der Waals surface area contributed by atoms with Crippen molar-refractivity contribution in [2.75, 3.05) is 13.2 Å². The molecule has 0 bridgehead atoms. The Morgan fingerprint density at radius 3 is 1.13 bits per heavy atom. The first-order valence-corrected chi connectivity index (χ1v) is 39.4. The summed E-state index contributed by atoms with van der Waals surface area (Å²) in [5, 5.41) is 57.5. The maximum Gasteiger partial charge on any atom is 0.306 e. The largest absolute Gasteiger partial charge is 0.454 e. The van der Waals surface area contributed by atoms with Crippen LogP contribution >= 0.6 is 0 Å². The zero-order chi connectivity index (χ0) is 67.4. The van der Waals surface area contributed by atoms with E-state index in [1.54, 1.807) is 6.08 Å². The van der Waals surface area contributed by atoms with Gasteiger partial charge in [-0.05, 0) is 103 Å². The van der Waals surface area contributed by atoms with Gasteiger partial charge in [0.25, 0.3) is 0 Å². The van der Waals surface area contributed by atoms with Crippen molar-refractivity contribution in [3.05, 3.63) is 85.1 Å². The predicted molar refractivity (Wildman–Crippen MR) is 393 cm³/mol. The molecule has 1 saturated heterocycles. The predicted octanol–water partition coefficient (Wildman–Crippen LogP) is 21.2. The number of amides is 1. The lowest BCUT2D eigenvalue weighted by molar-refractivity contribution is -0.305. The van der Waals surface area contributed by atoms with Crippen LogP contribution in [0.2, 0.25) is 0 Å². The summed E-state index contributed by atoms with van der Waals surface area (Å²) in [7, 11) is 0. The van der Waals surface area contributed by atoms with E-state index in [4.69, 9.17) is 14.2 Å². The Hall–Kier alpha value is -3.16. The van der Waals surface area contributed by atoms with E-state index in [1.165, 1.54) is 231 Å². The molecule has 1 rings (SSSR count). The molecule has 0 spiro atoms. The third-order valence-electron chi connectivity index (χ3n) is 18.3. The zero-order valence-corrected chi connectivity index (χ0v) is 60.4. The van der Waals surface area contributed by atoms with E-state index in [-0.39, 0.29) is 19.4 Å². The minimum absolute atomic E-state index is 0.120. The molecule has 8 atom stereocenters. The molecule has 93 heavy (non-hydrogen) atoms. The number of allylic oxidation sites excluding steroid dienone is 13. The molecule has 0 radical (unpaired) electrons. The summed E-state index contributed by atoms with van der Waals surface area (Å²) in [6.45, 7) is 5.79. The number of ether oxygens (including phenoxy) is 3. The van der Waals surface area contributed by atoms with E-state index < -0.39 is 67.4 Å². The Kier molecular flexibility index (Phi) is 65.0. The smallest absolute Gasteiger partial charge is 0.306 e. The molecule has 0 aliphatic carbocycles. The third kappa shape index (κ3) is 55.5. The van der Waals surface area contributed by atoms with Crippen LogP contribution in [0.1, 0.15) is 361 Å². The lowest BCUT2D eigenvalue weighted by atomic mass is 9.99. The van der Waals surface area contributed by atoms with Crippen LogP contribution in [0.5, 0.6) is 0 Å². The molecule has 8 unspecified atom stereocenters. The fraction of sp³-hybridized carbons (Fsp3) is 0.805. The van der Waals surface area contributed by atoms with Crippen molar-refractivity contribution >= 4 is 11.9 Å². The van der Waals surface area contributed by atoms with Crippen LogP contribution in [-0.2, 0) is 23.8 Å². The summed E-state index contributed by atoms with van der Waals surface area (Å²) in [5.41, 5.74) is 0. The molecule has 0 aromatic heterocycles. The number of carbonyl (C=O) groups is 2. The molecule has 0 aromatic rings. The van der Waals surface area contributed by atoms with Gasteiger partial charge < -0.3 is 45.1 Å². The van der Waals surface area contributed by atoms with Gasteiger partial charge in [-0.15, -0.1) is 0 Å². The van der Waals surface area contributed by atoms with Gasteiger partial charge in [0, 0.05) is 6.42 Å². The maximum atomic E-state index is 13.5. The van der Waals surface area contributed by atoms with E-state index in [9.17, 15) is 35.1 Å². The van der Waals surface area contributed by atoms with Crippen molar-refractivity contribution in [2.24, 2.45) is 0 Å². The normalized spacial score (nSPS) is 18.3. The van der Waals surface area contributed by atoms with Crippen LogP contribution in [0.15, 0.2) is 85.1 Å². The van der Waals surface area contributed by atoms with Gasteiger partial charge in [0.1, 0.15) is 24.4 Å². The van der Waals surface area contributed by atoms with Crippen molar-refractivity contribution in [2.45, 2.75) is 410 Å². The molecule has 0 aromatic carbocycles. The molecule has 1 aliphatic rings. The first-order chi connectivity index (χ1) is 45.7. The number of aliphatic hydroxyl groups is 5. The Labute approximate surface area is 572 Å². The van der Waals surface area contributed by atoms with Gasteiger partial charge in [-0.3, -0.25) is 9.59 Å². The van der Waals surface area contributed by atoms with Gasteiger partial charge in [-0.2, -0.15) is 0 Å². The average Bonchev–Trinajstić information content (AvgIpc) is 0.910. The second kappa shape index (κ2) is 68.8. The molecule has 0 saturated carbocycles. The summed E-state index contributed by atoms with van der Waals surface area (Å²) in [6.07, 6.45) is 81.9. The van der Waals surface area contributed by atoms with Gasteiger partial charge >= 0.3 is 5.97 Å². The Balaban J connectivity index is 2.52. The Morgan fingerprint density at radius 2 is 0.742 bits per heavy atom. The SMILES string of the molecule is CCCCC/C=C\C/C=C\C/C=C\CCCCCCCCCCCCCCCC(O)C(=O)NC(COC1OC(CO)C(O)C(O)C1OC(=O)CCCCCCCCCCCCCC/C=C\C/C=C\C/C=C\CCCCC)C(O)/C=C/CCCCCCCCCCCCC. The Morgan fingerprint density at radius 1 is 0.419 bits per heavy atom. The molecule has 11 heteroatoms. The molecule has 1 heterocycles. The highest BCUT2D eigenvalue weighted by atomic mass is 16.7. The average molecular weight is 1310 g/mol. The van der Waals surface area contributed by atoms with Crippen LogP contribution < -0.4 is 5.32 Å². The monoisotopic (exact) mass is 1310 g/mol. The van der Waals surface area contributed by atoms with Crippen LogP contribution in [0.25, 0.3) is 0 Å². The van der Waals surface area contributed by atoms with Crippen molar-refractivity contribution in [1.82, 2.24) is 5.32 Å². The van der Waals surface area contributed by atoms with Gasteiger partial charge in [-0.1, -0.05) is 337 Å². The van der Waals surface area contributed by atoms with Gasteiger partial charge in [-0.25, -0.2) is 0 Å². The van der Waals surface area contributed by atoms with E-state index in [0.29, 0.717) is 12.8 Å². The second-order valence-corrected chi connectivity index (χ2v) is 27.1. The summed E-state index contributed by atoms with van der Waals surface area (Å²) >= 11 is 0. The number of hydrogen-bond acceptors (Lipinski definition) is 10. The molecule has 11 nitrogen and oxygen atoms in total. The lowest BCUT2D eigenvalue weighted by Crippen LogP contribution is -2.61. The van der Waals surface area contributed by atoms with E-state index >= 15 is 0 Å². The van der Waals surface area contributed by atoms with Crippen molar-refractivity contribution in [1.29, 1.82) is 0 Å². The highest BCUT2D eigenvalue weighted by Gasteiger charge is 2.47. The fourth-order valence-corrected chi connectivity index (χ4v) is 12.1. The summed E-state index contributed by atoms with van der Waals surface area (Å²) in [4.78, 5) is 26.8. The van der Waals surface area contributed by atoms with Crippen LogP contribution in [-0.4, -0.2) is 99.6 Å². The fourth-order valence-electron chi connectivity index (χ4n) is 12.1. The topological polar surface area (TPSA) is 175 Å². The maximum absolute atomic E-state index is 13.5. The summed E-state index contributed by atoms with van der Waals surface area (Å²) in [5.74, 6) is -1.19. The summed E-state index contributed by atoms with van der Waals surface area (Å²) in [6, 6.07) is -1.03. The first-order valence-electron chi connectivity index (χ1n) is 39.4. The number of unbranched alkanes of at least 4 members (excludes halogenated alkanes) is 42. The highest BCUT2D eigenvalue weighted by molar-refractivity contribution is 5.80. The lowest BCUT2D eigenvalue weighted by Gasteiger charge is -2.41. The second-order valence-electron chi connectivity index (χ2n) is 27.1. The van der Waals surface area contributed by atoms with Gasteiger partial charge in [0.15, 0.2) is 12.4 Å². The quantitative estimate of drug-likeness (QED) is 0.0195. The van der Waals surface area contributed by atoms with Gasteiger partial charge in [0.2, 0.25) is 5.91 Å². The standard InChI is InChI=1S/C82H147NO10/c1-4-7-10-13-16-19-22-25-27-29-31-33-35-37-39-40-42-44-46-48-51-54-57-60-63-66-69-75(86)81(90)83-73(74(85)68-65-62-59-56-53-50-24-21-18-15-12-9-6-3)72-91-82-80(79(89)78(88)76(71-84)92-82)93-77(87)70-67-64-61-58-55-52-49-47-45-43-41-38-36-34-32-30-28-26-23-20-17-14-11-8-5-2/h16-17,19-20,25-28,31-34,65,68,73-76,78-80,82,84-86,88-89H,4-15,18,21-24,29-30,35-64,66-67,69-72H2,1-3H3,(H,83,90)/b19-16-,20-17-,27-25-,28-26-,33-31-,34-32-,68-65+. The first kappa shape index (κ1) is 87.9. The Bertz CT molecular complexity index is 1840. The molecule has 540 valence electrons. The van der Waals surface area contributed by atoms with Crippen LogP contribution in [0.3, 0.4) is 0 Å². The third-order valence-corrected chi connectivity index (χ3v) is 18.3. The molecule has 1 fully saturated rings. The van der Waals surface area contributed by atoms with Crippen LogP contribution in [0.4, 0.5) is 0 Å². The van der Waals surface area contributed by atoms with Crippen molar-refractivity contribution in [3.63, 3.8) is 0 Å². The highest BCUT2D eigenvalue weighted by Crippen LogP contribution is 2.27. The minimum Gasteiger partial charge on any atom is -0.454 e. The molecule has 6 N–H and O–H groups in total.